The molecule has 3 heterocycles. The zero-order valence-electron chi connectivity index (χ0n) is 31.3. The van der Waals surface area contributed by atoms with Crippen LogP contribution < -0.4 is 4.90 Å². The maximum atomic E-state index is 6.42. The molecule has 0 aliphatic heterocycles. The number of anilines is 3. The maximum absolute atomic E-state index is 6.42. The monoisotopic (exact) mass is 742 g/mol. The minimum Gasteiger partial charge on any atom is -0.456 e. The van der Waals surface area contributed by atoms with Crippen molar-refractivity contribution in [3.63, 3.8) is 0 Å². The van der Waals surface area contributed by atoms with Gasteiger partial charge >= 0.3 is 0 Å². The van der Waals surface area contributed by atoms with Gasteiger partial charge in [-0.3, -0.25) is 0 Å². The fraction of sp³-hybridized carbons (Fsp3) is 0. The molecule has 58 heavy (non-hydrogen) atoms. The first-order valence-corrected chi connectivity index (χ1v) is 19.7. The standard InChI is InChI=1S/C54H34N2O2/c1-2-11-35(12-3-1)36-21-25-38(26-22-36)55(39-27-23-37(24-28-39)42-16-10-17-44-43-13-5-8-19-49(43)58-54(42)44)40-29-31-41(32-30-40)56-47-18-7-4-14-45(47)52-48(56)33-34-51-53(52)46-15-6-9-20-50(46)57-51/h1-34H. The average molecular weight is 743 g/mol. The molecule has 0 saturated carbocycles. The van der Waals surface area contributed by atoms with Gasteiger partial charge in [0, 0.05) is 60.6 Å². The number of furan rings is 2. The molecule has 12 aromatic rings. The van der Waals surface area contributed by atoms with Crippen LogP contribution in [0.15, 0.2) is 215 Å². The summed E-state index contributed by atoms with van der Waals surface area (Å²) in [5, 5.41) is 6.97. The first-order valence-electron chi connectivity index (χ1n) is 19.7. The van der Waals surface area contributed by atoms with Crippen LogP contribution in [0.2, 0.25) is 0 Å². The molecule has 0 aliphatic rings. The van der Waals surface area contributed by atoms with Gasteiger partial charge in [-0.1, -0.05) is 127 Å². The number of fused-ring (bicyclic) bond motifs is 10. The lowest BCUT2D eigenvalue weighted by atomic mass is 10.0. The molecule has 0 spiro atoms. The van der Waals surface area contributed by atoms with E-state index in [9.17, 15) is 0 Å². The van der Waals surface area contributed by atoms with E-state index < -0.39 is 0 Å². The molecule has 3 aromatic heterocycles. The molecule has 272 valence electrons. The molecule has 0 atom stereocenters. The summed E-state index contributed by atoms with van der Waals surface area (Å²) in [4.78, 5) is 2.33. The van der Waals surface area contributed by atoms with Gasteiger partial charge in [-0.25, -0.2) is 0 Å². The van der Waals surface area contributed by atoms with E-state index in [4.69, 9.17) is 8.83 Å². The highest BCUT2D eigenvalue weighted by Crippen LogP contribution is 2.43. The third kappa shape index (κ3) is 5.02. The van der Waals surface area contributed by atoms with E-state index in [1.54, 1.807) is 0 Å². The van der Waals surface area contributed by atoms with Gasteiger partial charge in [0.2, 0.25) is 0 Å². The van der Waals surface area contributed by atoms with E-state index in [-0.39, 0.29) is 0 Å². The van der Waals surface area contributed by atoms with Crippen molar-refractivity contribution in [1.29, 1.82) is 0 Å². The molecule has 0 unspecified atom stereocenters. The van der Waals surface area contributed by atoms with Crippen molar-refractivity contribution >= 4 is 82.7 Å². The topological polar surface area (TPSA) is 34.5 Å². The highest BCUT2D eigenvalue weighted by atomic mass is 16.3. The minimum absolute atomic E-state index is 0.902. The Morgan fingerprint density at radius 1 is 0.328 bits per heavy atom. The quantitative estimate of drug-likeness (QED) is 0.170. The third-order valence-electron chi connectivity index (χ3n) is 11.6. The van der Waals surface area contributed by atoms with Crippen LogP contribution in [0.1, 0.15) is 0 Å². The predicted molar refractivity (Wildman–Crippen MR) is 241 cm³/mol. The van der Waals surface area contributed by atoms with Crippen LogP contribution in [0.25, 0.3) is 93.6 Å². The Morgan fingerprint density at radius 3 is 1.64 bits per heavy atom. The molecular formula is C54H34N2O2. The second kappa shape index (κ2) is 12.9. The van der Waals surface area contributed by atoms with E-state index in [0.29, 0.717) is 0 Å². The normalized spacial score (nSPS) is 11.8. The Bertz CT molecular complexity index is 3480. The van der Waals surface area contributed by atoms with E-state index >= 15 is 0 Å². The molecule has 0 amide bonds. The summed E-state index contributed by atoms with van der Waals surface area (Å²) in [7, 11) is 0. The van der Waals surface area contributed by atoms with Gasteiger partial charge in [0.05, 0.1) is 11.0 Å². The summed E-state index contributed by atoms with van der Waals surface area (Å²) >= 11 is 0. The Balaban J connectivity index is 0.982. The van der Waals surface area contributed by atoms with Crippen molar-refractivity contribution < 1.29 is 8.83 Å². The Hall–Kier alpha value is -7.82. The maximum Gasteiger partial charge on any atom is 0.143 e. The molecular weight excluding hydrogens is 709 g/mol. The van der Waals surface area contributed by atoms with E-state index in [0.717, 1.165) is 88.8 Å². The largest absolute Gasteiger partial charge is 0.456 e. The average Bonchev–Trinajstić information content (AvgIpc) is 3.97. The smallest absolute Gasteiger partial charge is 0.143 e. The van der Waals surface area contributed by atoms with Crippen LogP contribution in [-0.2, 0) is 0 Å². The Morgan fingerprint density at radius 2 is 0.897 bits per heavy atom. The number of benzene rings is 9. The molecule has 0 radical (unpaired) electrons. The Labute approximate surface area is 334 Å². The van der Waals surface area contributed by atoms with Crippen molar-refractivity contribution in [1.82, 2.24) is 4.57 Å². The lowest BCUT2D eigenvalue weighted by Crippen LogP contribution is -2.10. The number of hydrogen-bond acceptors (Lipinski definition) is 3. The van der Waals surface area contributed by atoms with Crippen LogP contribution in [0.3, 0.4) is 0 Å². The number of hydrogen-bond donors (Lipinski definition) is 0. The second-order valence-electron chi connectivity index (χ2n) is 14.9. The molecule has 0 fully saturated rings. The van der Waals surface area contributed by atoms with Crippen LogP contribution >= 0.6 is 0 Å². The summed E-state index contributed by atoms with van der Waals surface area (Å²) in [6, 6.07) is 73.1. The fourth-order valence-corrected chi connectivity index (χ4v) is 8.95. The fourth-order valence-electron chi connectivity index (χ4n) is 8.95. The summed E-state index contributed by atoms with van der Waals surface area (Å²) in [6.07, 6.45) is 0. The second-order valence-corrected chi connectivity index (χ2v) is 14.9. The van der Waals surface area contributed by atoms with E-state index in [2.05, 4.69) is 198 Å². The summed E-state index contributed by atoms with van der Waals surface area (Å²) in [6.45, 7) is 0. The number of nitrogens with zero attached hydrogens (tertiary/aromatic N) is 2. The Kier molecular flexibility index (Phi) is 7.20. The zero-order chi connectivity index (χ0) is 38.2. The van der Waals surface area contributed by atoms with Gasteiger partial charge < -0.3 is 18.3 Å². The van der Waals surface area contributed by atoms with Gasteiger partial charge in [-0.2, -0.15) is 0 Å². The zero-order valence-corrected chi connectivity index (χ0v) is 31.3. The van der Waals surface area contributed by atoms with E-state index in [1.165, 1.54) is 21.9 Å². The number of aromatic nitrogens is 1. The van der Waals surface area contributed by atoms with Crippen LogP contribution in [0.5, 0.6) is 0 Å². The molecule has 4 heteroatoms. The highest BCUT2D eigenvalue weighted by molar-refractivity contribution is 6.27. The number of para-hydroxylation sites is 4. The minimum atomic E-state index is 0.902. The lowest BCUT2D eigenvalue weighted by Gasteiger charge is -2.26. The molecule has 12 rings (SSSR count). The highest BCUT2D eigenvalue weighted by Gasteiger charge is 2.20. The van der Waals surface area contributed by atoms with Crippen molar-refractivity contribution in [2.24, 2.45) is 0 Å². The molecule has 0 N–H and O–H groups in total. The van der Waals surface area contributed by atoms with Crippen LogP contribution in [0, 0.1) is 0 Å². The van der Waals surface area contributed by atoms with Gasteiger partial charge in [0.1, 0.15) is 22.3 Å². The lowest BCUT2D eigenvalue weighted by molar-refractivity contribution is 0.669. The summed E-state index contributed by atoms with van der Waals surface area (Å²) in [5.41, 5.74) is 14.8. The molecule has 0 bridgehead atoms. The molecule has 0 aliphatic carbocycles. The summed E-state index contributed by atoms with van der Waals surface area (Å²) in [5.74, 6) is 0. The first kappa shape index (κ1) is 32.4. The molecule has 4 nitrogen and oxygen atoms in total. The van der Waals surface area contributed by atoms with Crippen molar-refractivity contribution in [2.75, 3.05) is 4.90 Å². The molecule has 9 aromatic carbocycles. The van der Waals surface area contributed by atoms with Gasteiger partial charge in [-0.15, -0.1) is 0 Å². The SMILES string of the molecule is c1ccc(-c2ccc(N(c3ccc(-c4cccc5c4oc4ccccc45)cc3)c3ccc(-n4c5ccccc5c5c6c(ccc54)oc4ccccc46)cc3)cc2)cc1. The third-order valence-corrected chi connectivity index (χ3v) is 11.6. The van der Waals surface area contributed by atoms with Gasteiger partial charge in [-0.05, 0) is 95.6 Å². The van der Waals surface area contributed by atoms with Crippen molar-refractivity contribution in [3.05, 3.63) is 206 Å². The number of rotatable bonds is 6. The van der Waals surface area contributed by atoms with Crippen molar-refractivity contribution in [3.8, 4) is 27.9 Å². The predicted octanol–water partition coefficient (Wildman–Crippen LogP) is 15.4. The summed E-state index contributed by atoms with van der Waals surface area (Å²) < 4.78 is 15.1. The molecule has 0 saturated heterocycles. The van der Waals surface area contributed by atoms with Gasteiger partial charge in [0.15, 0.2) is 0 Å². The van der Waals surface area contributed by atoms with Crippen molar-refractivity contribution in [2.45, 2.75) is 0 Å². The first-order chi connectivity index (χ1) is 28.8. The van der Waals surface area contributed by atoms with Crippen LogP contribution in [-0.4, -0.2) is 4.57 Å². The van der Waals surface area contributed by atoms with Gasteiger partial charge in [0.25, 0.3) is 0 Å². The van der Waals surface area contributed by atoms with Crippen LogP contribution in [0.4, 0.5) is 17.1 Å². The van der Waals surface area contributed by atoms with E-state index in [1.807, 2.05) is 18.2 Å².